The summed E-state index contributed by atoms with van der Waals surface area (Å²) in [7, 11) is 0. The summed E-state index contributed by atoms with van der Waals surface area (Å²) >= 11 is 0. The number of Topliss-reactive ketones (excluding diaryl/α,β-unsaturated/α-hetero) is 1. The lowest BCUT2D eigenvalue weighted by molar-refractivity contribution is -0.150. The van der Waals surface area contributed by atoms with E-state index in [4.69, 9.17) is 19.4 Å². The van der Waals surface area contributed by atoms with Gasteiger partial charge in [-0.05, 0) is 37.5 Å². The highest BCUT2D eigenvalue weighted by Crippen LogP contribution is 2.60. The van der Waals surface area contributed by atoms with Gasteiger partial charge in [0, 0.05) is 20.2 Å². The van der Waals surface area contributed by atoms with Crippen LogP contribution in [0.15, 0.2) is 22.8 Å². The monoisotopic (exact) mass is 306 g/mol. The SMILES string of the molecule is [2H]C([2H])([2H])C(=CC1C(C(=O)OC2CC(=O)C(CC#C)=C2C)C1(C)C)C([2H])([2H])[2H]. The third-order valence-corrected chi connectivity index (χ3v) is 4.71. The van der Waals surface area contributed by atoms with Gasteiger partial charge in [0.2, 0.25) is 0 Å². The van der Waals surface area contributed by atoms with Crippen LogP contribution < -0.4 is 0 Å². The molecular formula is C19H24O3. The number of carbonyl (C=O) groups excluding carboxylic acids is 2. The van der Waals surface area contributed by atoms with Gasteiger partial charge in [-0.25, -0.2) is 0 Å². The van der Waals surface area contributed by atoms with Gasteiger partial charge in [0.25, 0.3) is 0 Å². The lowest BCUT2D eigenvalue weighted by Gasteiger charge is -2.13. The first-order chi connectivity index (χ1) is 12.6. The zero-order valence-electron chi connectivity index (χ0n) is 19.0. The first kappa shape index (κ1) is 10.0. The Labute approximate surface area is 141 Å². The van der Waals surface area contributed by atoms with Crippen molar-refractivity contribution in [2.24, 2.45) is 17.3 Å². The molecule has 2 rings (SSSR count). The second-order valence-corrected chi connectivity index (χ2v) is 6.50. The Bertz CT molecular complexity index is 776. The van der Waals surface area contributed by atoms with Gasteiger partial charge in [0.15, 0.2) is 5.78 Å². The molecule has 3 heteroatoms. The van der Waals surface area contributed by atoms with Gasteiger partial charge in [-0.15, -0.1) is 12.3 Å². The first-order valence-corrected chi connectivity index (χ1v) is 7.22. The van der Waals surface area contributed by atoms with Crippen molar-refractivity contribution in [2.75, 3.05) is 0 Å². The molecule has 1 saturated carbocycles. The number of carbonyl (C=O) groups is 2. The fourth-order valence-corrected chi connectivity index (χ4v) is 3.16. The summed E-state index contributed by atoms with van der Waals surface area (Å²) in [4.78, 5) is 24.7. The van der Waals surface area contributed by atoms with Crippen molar-refractivity contribution in [1.82, 2.24) is 0 Å². The minimum atomic E-state index is -2.78. The van der Waals surface area contributed by atoms with Crippen molar-refractivity contribution in [2.45, 2.75) is 53.4 Å². The third kappa shape index (κ3) is 2.88. The molecule has 0 spiro atoms. The largest absolute Gasteiger partial charge is 0.457 e. The number of allylic oxidation sites excluding steroid dienone is 3. The Hall–Kier alpha value is -1.82. The molecule has 3 unspecified atom stereocenters. The minimum absolute atomic E-state index is 0.0397. The van der Waals surface area contributed by atoms with Crippen LogP contribution in [-0.4, -0.2) is 17.9 Å². The molecule has 0 bridgehead atoms. The van der Waals surface area contributed by atoms with E-state index in [0.717, 1.165) is 0 Å². The highest BCUT2D eigenvalue weighted by Gasteiger charge is 2.61. The van der Waals surface area contributed by atoms with Gasteiger partial charge >= 0.3 is 5.97 Å². The van der Waals surface area contributed by atoms with Crippen molar-refractivity contribution in [1.29, 1.82) is 0 Å². The molecule has 1 fully saturated rings. The standard InChI is InChI=1S/C19H24O3/c1-7-8-13-12(4)16(10-15(13)20)22-18(21)17-14(9-11(2)3)19(17,5)6/h1,9,14,16-17H,8,10H2,2-6H3/i2D3,3D3. The van der Waals surface area contributed by atoms with Crippen molar-refractivity contribution >= 4 is 11.8 Å². The average Bonchev–Trinajstić information content (AvgIpc) is 2.96. The van der Waals surface area contributed by atoms with Crippen LogP contribution in [0.4, 0.5) is 0 Å². The molecule has 2 aliphatic rings. The molecule has 118 valence electrons. The van der Waals surface area contributed by atoms with Gasteiger partial charge in [-0.1, -0.05) is 25.5 Å². The quantitative estimate of drug-likeness (QED) is 0.454. The van der Waals surface area contributed by atoms with Gasteiger partial charge in [-0.3, -0.25) is 9.59 Å². The maximum atomic E-state index is 12.7. The van der Waals surface area contributed by atoms with E-state index in [0.29, 0.717) is 11.1 Å². The normalized spacial score (nSPS) is 34.3. The number of terminal acetylenes is 1. The second-order valence-electron chi connectivity index (χ2n) is 6.50. The fourth-order valence-electron chi connectivity index (χ4n) is 3.16. The Kier molecular flexibility index (Phi) is 2.63. The number of hydrogen-bond donors (Lipinski definition) is 0. The predicted octanol–water partition coefficient (Wildman–Crippen LogP) is 3.45. The molecule has 0 aromatic heterocycles. The van der Waals surface area contributed by atoms with Crippen LogP contribution >= 0.6 is 0 Å². The highest BCUT2D eigenvalue weighted by molar-refractivity contribution is 6.00. The Morgan fingerprint density at radius 3 is 2.82 bits per heavy atom. The summed E-state index contributed by atoms with van der Waals surface area (Å²) in [5.74, 6) is 0.459. The van der Waals surface area contributed by atoms with Crippen molar-refractivity contribution in [3.05, 3.63) is 22.8 Å². The van der Waals surface area contributed by atoms with Crippen molar-refractivity contribution < 1.29 is 22.6 Å². The highest BCUT2D eigenvalue weighted by atomic mass is 16.5. The van der Waals surface area contributed by atoms with Gasteiger partial charge in [0.1, 0.15) is 6.10 Å². The summed E-state index contributed by atoms with van der Waals surface area (Å²) in [6.07, 6.45) is 5.98. The molecule has 0 N–H and O–H groups in total. The molecule has 3 atom stereocenters. The van der Waals surface area contributed by atoms with Gasteiger partial charge in [-0.2, -0.15) is 0 Å². The van der Waals surface area contributed by atoms with E-state index in [1.165, 1.54) is 6.08 Å². The van der Waals surface area contributed by atoms with E-state index in [-0.39, 0.29) is 18.6 Å². The lowest BCUT2D eigenvalue weighted by atomic mass is 10.1. The van der Waals surface area contributed by atoms with Crippen LogP contribution in [-0.2, 0) is 14.3 Å². The lowest BCUT2D eigenvalue weighted by Crippen LogP contribution is -2.20. The molecule has 2 aliphatic carbocycles. The molecule has 0 radical (unpaired) electrons. The number of rotatable bonds is 4. The smallest absolute Gasteiger partial charge is 0.310 e. The van der Waals surface area contributed by atoms with E-state index in [9.17, 15) is 9.59 Å². The number of hydrogen-bond acceptors (Lipinski definition) is 3. The zero-order valence-corrected chi connectivity index (χ0v) is 13.0. The Morgan fingerprint density at radius 2 is 2.23 bits per heavy atom. The van der Waals surface area contributed by atoms with Crippen LogP contribution in [0.1, 0.15) is 55.5 Å². The van der Waals surface area contributed by atoms with Gasteiger partial charge in [0.05, 0.1) is 12.3 Å². The van der Waals surface area contributed by atoms with Crippen LogP contribution in [0.5, 0.6) is 0 Å². The Balaban J connectivity index is 2.21. The molecule has 0 amide bonds. The molecule has 0 aromatic carbocycles. The van der Waals surface area contributed by atoms with E-state index >= 15 is 0 Å². The van der Waals surface area contributed by atoms with Gasteiger partial charge < -0.3 is 4.74 Å². The molecule has 22 heavy (non-hydrogen) atoms. The average molecular weight is 306 g/mol. The third-order valence-electron chi connectivity index (χ3n) is 4.71. The number of ether oxygens (including phenoxy) is 1. The fraction of sp³-hybridized carbons (Fsp3) is 0.579. The maximum Gasteiger partial charge on any atom is 0.310 e. The van der Waals surface area contributed by atoms with Crippen LogP contribution in [0.25, 0.3) is 0 Å². The van der Waals surface area contributed by atoms with Crippen molar-refractivity contribution in [3.63, 3.8) is 0 Å². The molecule has 0 aliphatic heterocycles. The minimum Gasteiger partial charge on any atom is -0.457 e. The van der Waals surface area contributed by atoms with E-state index < -0.39 is 48.6 Å². The second kappa shape index (κ2) is 5.76. The first-order valence-electron chi connectivity index (χ1n) is 10.2. The summed E-state index contributed by atoms with van der Waals surface area (Å²) in [5, 5.41) is 0. The molecule has 0 heterocycles. The predicted molar refractivity (Wildman–Crippen MR) is 85.8 cm³/mol. The molecular weight excluding hydrogens is 276 g/mol. The maximum absolute atomic E-state index is 12.7. The molecule has 3 nitrogen and oxygen atoms in total. The van der Waals surface area contributed by atoms with Crippen LogP contribution in [0, 0.1) is 29.6 Å². The van der Waals surface area contributed by atoms with Crippen molar-refractivity contribution in [3.8, 4) is 12.3 Å². The summed E-state index contributed by atoms with van der Waals surface area (Å²) in [5.41, 5.74) is -0.163. The Morgan fingerprint density at radius 1 is 1.55 bits per heavy atom. The van der Waals surface area contributed by atoms with E-state index in [2.05, 4.69) is 5.92 Å². The van der Waals surface area contributed by atoms with E-state index in [1.54, 1.807) is 20.8 Å². The molecule has 0 saturated heterocycles. The van der Waals surface area contributed by atoms with E-state index in [1.807, 2.05) is 0 Å². The number of esters is 1. The van der Waals surface area contributed by atoms with Crippen LogP contribution in [0.3, 0.4) is 0 Å². The number of ketones is 1. The summed E-state index contributed by atoms with van der Waals surface area (Å²) in [6.45, 7) is -0.349. The zero-order chi connectivity index (χ0) is 21.7. The summed E-state index contributed by atoms with van der Waals surface area (Å²) in [6, 6.07) is 0. The summed E-state index contributed by atoms with van der Waals surface area (Å²) < 4.78 is 50.4. The topological polar surface area (TPSA) is 43.4 Å². The molecule has 0 aromatic rings. The van der Waals surface area contributed by atoms with Crippen LogP contribution in [0.2, 0.25) is 0 Å².